The second-order valence-electron chi connectivity index (χ2n) is 5.41. The predicted octanol–water partition coefficient (Wildman–Crippen LogP) is 3.00. The van der Waals surface area contributed by atoms with Gasteiger partial charge in [0.1, 0.15) is 5.75 Å². The molecular weight excluding hydrogens is 283 g/mol. The van der Waals surface area contributed by atoms with Gasteiger partial charge in [0.05, 0.1) is 19.1 Å². The van der Waals surface area contributed by atoms with Gasteiger partial charge in [0.2, 0.25) is 0 Å². The van der Waals surface area contributed by atoms with Gasteiger partial charge in [0, 0.05) is 6.54 Å². The van der Waals surface area contributed by atoms with Gasteiger partial charge in [-0.15, -0.1) is 0 Å². The maximum atomic E-state index is 12.6. The Bertz CT molecular complexity index is 439. The highest BCUT2D eigenvalue weighted by Crippen LogP contribution is 2.34. The van der Waals surface area contributed by atoms with Gasteiger partial charge in [-0.1, -0.05) is 12.1 Å². The molecule has 0 bridgehead atoms. The summed E-state index contributed by atoms with van der Waals surface area (Å²) >= 11 is 0. The van der Waals surface area contributed by atoms with Crippen LogP contribution in [-0.4, -0.2) is 42.9 Å². The van der Waals surface area contributed by atoms with Crippen molar-refractivity contribution in [3.63, 3.8) is 0 Å². The van der Waals surface area contributed by atoms with Crippen LogP contribution in [0, 0.1) is 5.92 Å². The molecule has 118 valence electrons. The highest BCUT2D eigenvalue weighted by molar-refractivity contribution is 5.28. The van der Waals surface area contributed by atoms with Crippen molar-refractivity contribution in [3.05, 3.63) is 29.8 Å². The van der Waals surface area contributed by atoms with Crippen LogP contribution in [0.1, 0.15) is 24.5 Å². The summed E-state index contributed by atoms with van der Waals surface area (Å²) in [7, 11) is 1.57. The van der Waals surface area contributed by atoms with Gasteiger partial charge in [-0.05, 0) is 43.6 Å². The Hall–Kier alpha value is -1.27. The topological polar surface area (TPSA) is 32.7 Å². The van der Waals surface area contributed by atoms with Crippen molar-refractivity contribution in [2.45, 2.75) is 25.1 Å². The zero-order chi connectivity index (χ0) is 15.5. The third-order valence-electron chi connectivity index (χ3n) is 3.98. The third kappa shape index (κ3) is 4.35. The Labute approximate surface area is 122 Å². The van der Waals surface area contributed by atoms with E-state index in [-0.39, 0.29) is 12.8 Å². The quantitative estimate of drug-likeness (QED) is 0.928. The molecule has 0 aliphatic carbocycles. The number of aliphatic hydroxyl groups excluding tert-OH is 1. The van der Waals surface area contributed by atoms with E-state index in [1.807, 2.05) is 4.90 Å². The van der Waals surface area contributed by atoms with Crippen molar-refractivity contribution in [2.75, 3.05) is 26.7 Å². The number of hydrogen-bond donors (Lipinski definition) is 1. The highest BCUT2D eigenvalue weighted by Gasteiger charge is 2.41. The smallest absolute Gasteiger partial charge is 0.391 e. The van der Waals surface area contributed by atoms with Crippen molar-refractivity contribution in [1.82, 2.24) is 4.90 Å². The van der Waals surface area contributed by atoms with Crippen LogP contribution in [0.25, 0.3) is 0 Å². The zero-order valence-electron chi connectivity index (χ0n) is 11.9. The van der Waals surface area contributed by atoms with Crippen LogP contribution in [0.3, 0.4) is 0 Å². The Morgan fingerprint density at radius 3 is 2.29 bits per heavy atom. The van der Waals surface area contributed by atoms with Gasteiger partial charge in [-0.25, -0.2) is 0 Å². The minimum atomic E-state index is -4.10. The molecule has 0 aromatic heterocycles. The third-order valence-corrected chi connectivity index (χ3v) is 3.98. The van der Waals surface area contributed by atoms with E-state index in [4.69, 9.17) is 4.74 Å². The number of piperidine rings is 1. The lowest BCUT2D eigenvalue weighted by Gasteiger charge is -2.33. The molecular formula is C15H20F3NO2. The average molecular weight is 303 g/mol. The molecule has 1 aliphatic heterocycles. The van der Waals surface area contributed by atoms with E-state index < -0.39 is 18.2 Å². The van der Waals surface area contributed by atoms with Crippen LogP contribution in [0.5, 0.6) is 5.75 Å². The Morgan fingerprint density at radius 2 is 1.81 bits per heavy atom. The fraction of sp³-hybridized carbons (Fsp3) is 0.600. The minimum absolute atomic E-state index is 0.110. The number of hydrogen-bond acceptors (Lipinski definition) is 3. The van der Waals surface area contributed by atoms with Crippen LogP contribution in [-0.2, 0) is 0 Å². The number of ether oxygens (including phenoxy) is 1. The normalized spacial score (nSPS) is 19.5. The van der Waals surface area contributed by atoms with Crippen LogP contribution < -0.4 is 4.74 Å². The molecule has 0 amide bonds. The van der Waals surface area contributed by atoms with Crippen molar-refractivity contribution in [3.8, 4) is 5.75 Å². The first-order chi connectivity index (χ1) is 9.90. The Balaban J connectivity index is 1.85. The summed E-state index contributed by atoms with van der Waals surface area (Å²) in [5, 5.41) is 10.2. The highest BCUT2D eigenvalue weighted by atomic mass is 19.4. The van der Waals surface area contributed by atoms with Crippen molar-refractivity contribution < 1.29 is 23.0 Å². The summed E-state index contributed by atoms with van der Waals surface area (Å²) in [4.78, 5) is 1.89. The molecule has 0 spiro atoms. The molecule has 1 fully saturated rings. The van der Waals surface area contributed by atoms with Gasteiger partial charge in [-0.2, -0.15) is 13.2 Å². The van der Waals surface area contributed by atoms with Crippen molar-refractivity contribution >= 4 is 0 Å². The summed E-state index contributed by atoms with van der Waals surface area (Å²) in [6, 6.07) is 7.06. The Morgan fingerprint density at radius 1 is 1.24 bits per heavy atom. The van der Waals surface area contributed by atoms with Crippen LogP contribution in [0.2, 0.25) is 0 Å². The largest absolute Gasteiger partial charge is 0.497 e. The SMILES string of the molecule is COc1ccc(C(O)CN2CCC(C(F)(F)F)CC2)cc1. The molecule has 6 heteroatoms. The summed E-state index contributed by atoms with van der Waals surface area (Å²) in [6.45, 7) is 1.10. The van der Waals surface area contributed by atoms with Crippen LogP contribution in [0.4, 0.5) is 13.2 Å². The fourth-order valence-corrected chi connectivity index (χ4v) is 2.62. The molecule has 0 radical (unpaired) electrons. The molecule has 21 heavy (non-hydrogen) atoms. The number of nitrogens with zero attached hydrogens (tertiary/aromatic N) is 1. The van der Waals surface area contributed by atoms with Gasteiger partial charge < -0.3 is 14.7 Å². The van der Waals surface area contributed by atoms with E-state index in [1.54, 1.807) is 31.4 Å². The predicted molar refractivity (Wildman–Crippen MR) is 73.2 cm³/mol. The average Bonchev–Trinajstić information content (AvgIpc) is 2.47. The molecule has 0 saturated carbocycles. The van der Waals surface area contributed by atoms with E-state index >= 15 is 0 Å². The van der Waals surface area contributed by atoms with Crippen molar-refractivity contribution in [2.24, 2.45) is 5.92 Å². The lowest BCUT2D eigenvalue weighted by Crippen LogP contribution is -2.40. The monoisotopic (exact) mass is 303 g/mol. The summed E-state index contributed by atoms with van der Waals surface area (Å²) in [5.41, 5.74) is 0.744. The Kier molecular flexibility index (Phi) is 5.11. The fourth-order valence-electron chi connectivity index (χ4n) is 2.62. The number of halogens is 3. The molecule has 1 heterocycles. The number of aliphatic hydroxyl groups is 1. The van der Waals surface area contributed by atoms with E-state index in [2.05, 4.69) is 0 Å². The van der Waals surface area contributed by atoms with Crippen LogP contribution >= 0.6 is 0 Å². The van der Waals surface area contributed by atoms with Crippen LogP contribution in [0.15, 0.2) is 24.3 Å². The van der Waals surface area contributed by atoms with Crippen molar-refractivity contribution in [1.29, 1.82) is 0 Å². The molecule has 3 nitrogen and oxygen atoms in total. The second-order valence-corrected chi connectivity index (χ2v) is 5.41. The molecule has 1 N–H and O–H groups in total. The maximum Gasteiger partial charge on any atom is 0.391 e. The van der Waals surface area contributed by atoms with E-state index in [1.165, 1.54) is 0 Å². The number of alkyl halides is 3. The van der Waals surface area contributed by atoms with E-state index in [0.717, 1.165) is 5.56 Å². The van der Waals surface area contributed by atoms with E-state index in [0.29, 0.717) is 25.4 Å². The molecule has 1 aromatic carbocycles. The zero-order valence-corrected chi connectivity index (χ0v) is 11.9. The summed E-state index contributed by atoms with van der Waals surface area (Å²) < 4.78 is 42.8. The first-order valence-electron chi connectivity index (χ1n) is 7.01. The first-order valence-corrected chi connectivity index (χ1v) is 7.01. The standard InChI is InChI=1S/C15H20F3NO2/c1-21-13-4-2-11(3-5-13)14(20)10-19-8-6-12(7-9-19)15(16,17)18/h2-5,12,14,20H,6-10H2,1H3. The summed E-state index contributed by atoms with van der Waals surface area (Å²) in [5.74, 6) is -0.496. The minimum Gasteiger partial charge on any atom is -0.497 e. The van der Waals surface area contributed by atoms with Gasteiger partial charge >= 0.3 is 6.18 Å². The molecule has 1 saturated heterocycles. The number of likely N-dealkylation sites (tertiary alicyclic amines) is 1. The van der Waals surface area contributed by atoms with Gasteiger partial charge in [0.25, 0.3) is 0 Å². The number of methoxy groups -OCH3 is 1. The lowest BCUT2D eigenvalue weighted by molar-refractivity contribution is -0.185. The number of rotatable bonds is 4. The lowest BCUT2D eigenvalue weighted by atomic mass is 9.96. The first kappa shape index (κ1) is 16.1. The molecule has 1 aromatic rings. The van der Waals surface area contributed by atoms with Gasteiger partial charge in [-0.3, -0.25) is 0 Å². The maximum absolute atomic E-state index is 12.6. The molecule has 1 atom stereocenters. The second kappa shape index (κ2) is 6.66. The number of β-amino-alcohol motifs (C(OH)–C–C–N with tert-alkyl or cyclic N) is 1. The van der Waals surface area contributed by atoms with Gasteiger partial charge in [0.15, 0.2) is 0 Å². The molecule has 1 aliphatic rings. The number of benzene rings is 1. The molecule has 1 unspecified atom stereocenters. The summed E-state index contributed by atoms with van der Waals surface area (Å²) in [6.07, 6.45) is -4.57. The van der Waals surface area contributed by atoms with E-state index in [9.17, 15) is 18.3 Å². The molecule has 2 rings (SSSR count).